The van der Waals surface area contributed by atoms with Crippen LogP contribution in [-0.2, 0) is 28.4 Å². The van der Waals surface area contributed by atoms with Crippen molar-refractivity contribution >= 4 is 22.7 Å². The van der Waals surface area contributed by atoms with Gasteiger partial charge in [-0.3, -0.25) is 0 Å². The normalized spacial score (nSPS) is 12.1. The average Bonchev–Trinajstić information content (AvgIpc) is 2.93. The summed E-state index contributed by atoms with van der Waals surface area (Å²) in [5.41, 5.74) is 0.731. The molecular weight excluding hydrogens is 512 g/mol. The Hall–Kier alpha value is -2.52. The summed E-state index contributed by atoms with van der Waals surface area (Å²) in [4.78, 5) is 26.3. The van der Waals surface area contributed by atoms with Crippen LogP contribution < -0.4 is 0 Å². The zero-order valence-electron chi connectivity index (χ0n) is 25.2. The predicted octanol–water partition coefficient (Wildman–Crippen LogP) is 7.77. The van der Waals surface area contributed by atoms with Crippen LogP contribution in [0.25, 0.3) is 10.8 Å². The van der Waals surface area contributed by atoms with Gasteiger partial charge >= 0.3 is 23.9 Å². The van der Waals surface area contributed by atoms with Gasteiger partial charge < -0.3 is 28.4 Å². The molecule has 0 aliphatic rings. The zero-order valence-corrected chi connectivity index (χ0v) is 25.2. The van der Waals surface area contributed by atoms with E-state index in [4.69, 9.17) is 28.4 Å². The summed E-state index contributed by atoms with van der Waals surface area (Å²) in [7, 11) is 0. The van der Waals surface area contributed by atoms with Crippen molar-refractivity contribution in [3.63, 3.8) is 0 Å². The van der Waals surface area contributed by atoms with E-state index in [1.165, 1.54) is 0 Å². The molecule has 0 spiro atoms. The second kappa shape index (κ2) is 17.3. The van der Waals surface area contributed by atoms with E-state index < -0.39 is 23.9 Å². The molecule has 0 saturated carbocycles. The molecular formula is C32H48O8. The van der Waals surface area contributed by atoms with Crippen LogP contribution in [0.1, 0.15) is 114 Å². The molecule has 2 aromatic carbocycles. The van der Waals surface area contributed by atoms with E-state index in [9.17, 15) is 9.59 Å². The highest BCUT2D eigenvalue weighted by Crippen LogP contribution is 2.28. The Morgan fingerprint density at radius 3 is 1.20 bits per heavy atom. The first-order valence-electron chi connectivity index (χ1n) is 14.9. The van der Waals surface area contributed by atoms with Gasteiger partial charge in [0, 0.05) is 12.8 Å². The number of hydrogen-bond donors (Lipinski definition) is 0. The lowest BCUT2D eigenvalue weighted by Gasteiger charge is -2.32. The first-order chi connectivity index (χ1) is 19.3. The van der Waals surface area contributed by atoms with Crippen molar-refractivity contribution in [3.05, 3.63) is 47.5 Å². The maximum Gasteiger partial charge on any atom is 0.342 e. The van der Waals surface area contributed by atoms with Gasteiger partial charge in [-0.2, -0.15) is 0 Å². The fraction of sp³-hybridized carbons (Fsp3) is 0.625. The lowest BCUT2D eigenvalue weighted by Crippen LogP contribution is -2.41. The van der Waals surface area contributed by atoms with E-state index in [0.717, 1.165) is 49.3 Å². The highest BCUT2D eigenvalue weighted by atomic mass is 16.9. The first-order valence-corrected chi connectivity index (χ1v) is 14.9. The monoisotopic (exact) mass is 560 g/mol. The quantitative estimate of drug-likeness (QED) is 0.0922. The largest absolute Gasteiger partial charge is 0.404 e. The second-order valence-corrected chi connectivity index (χ2v) is 9.57. The minimum absolute atomic E-state index is 0.350. The van der Waals surface area contributed by atoms with Crippen LogP contribution >= 0.6 is 0 Å². The van der Waals surface area contributed by atoms with Gasteiger partial charge in [0.25, 0.3) is 0 Å². The van der Waals surface area contributed by atoms with Crippen molar-refractivity contribution in [3.8, 4) is 0 Å². The van der Waals surface area contributed by atoms with E-state index in [2.05, 4.69) is 13.8 Å². The van der Waals surface area contributed by atoms with Gasteiger partial charge in [-0.1, -0.05) is 51.7 Å². The third kappa shape index (κ3) is 9.84. The molecule has 2 rings (SSSR count). The molecule has 0 bridgehead atoms. The third-order valence-corrected chi connectivity index (χ3v) is 6.44. The Bertz CT molecular complexity index is 955. The molecule has 0 unspecified atom stereocenters. The van der Waals surface area contributed by atoms with Crippen molar-refractivity contribution in [1.82, 2.24) is 0 Å². The third-order valence-electron chi connectivity index (χ3n) is 6.44. The smallest absolute Gasteiger partial charge is 0.342 e. The maximum atomic E-state index is 13.2. The zero-order chi connectivity index (χ0) is 29.4. The van der Waals surface area contributed by atoms with Gasteiger partial charge in [-0.05, 0) is 75.6 Å². The number of fused-ring (bicyclic) bond motifs is 1. The molecule has 0 saturated heterocycles. The van der Waals surface area contributed by atoms with Gasteiger partial charge in [-0.25, -0.2) is 9.59 Å². The number of hydrogen-bond acceptors (Lipinski definition) is 8. The molecule has 40 heavy (non-hydrogen) atoms. The van der Waals surface area contributed by atoms with Gasteiger partial charge in [0.05, 0.1) is 37.6 Å². The Balaban J connectivity index is 2.25. The summed E-state index contributed by atoms with van der Waals surface area (Å²) in [5, 5.41) is 1.55. The van der Waals surface area contributed by atoms with Crippen LogP contribution in [0.2, 0.25) is 0 Å². The predicted molar refractivity (Wildman–Crippen MR) is 155 cm³/mol. The fourth-order valence-corrected chi connectivity index (χ4v) is 4.55. The summed E-state index contributed by atoms with van der Waals surface area (Å²) in [5.74, 6) is -3.89. The van der Waals surface area contributed by atoms with Crippen LogP contribution in [0, 0.1) is 0 Å². The van der Waals surface area contributed by atoms with E-state index in [1.807, 2.05) is 27.7 Å². The van der Waals surface area contributed by atoms with Crippen LogP contribution in [0.3, 0.4) is 0 Å². The van der Waals surface area contributed by atoms with Gasteiger partial charge in [0.1, 0.15) is 0 Å². The fourth-order valence-electron chi connectivity index (χ4n) is 4.55. The summed E-state index contributed by atoms with van der Waals surface area (Å²) in [6.07, 6.45) is 6.55. The molecule has 8 nitrogen and oxygen atoms in total. The molecule has 0 radical (unpaired) electrons. The summed E-state index contributed by atoms with van der Waals surface area (Å²) < 4.78 is 34.9. The highest BCUT2D eigenvalue weighted by Gasteiger charge is 2.37. The minimum Gasteiger partial charge on any atom is -0.404 e. The molecule has 0 heterocycles. The van der Waals surface area contributed by atoms with Crippen LogP contribution in [-0.4, -0.2) is 50.3 Å². The molecule has 224 valence electrons. The summed E-state index contributed by atoms with van der Waals surface area (Å²) in [6.45, 7) is 13.0. The standard InChI is InChI=1S/C32H48O8/c1-7-13-15-21-31(35-9-3,36-10-4)39-29(33)27-19-17-26-24-28(20-18-25(26)23-27)30(34)40-32(37-11-5,38-12-6)22-16-14-8-2/h17-20,23-24H,7-16,21-22H2,1-6H3. The average molecular weight is 561 g/mol. The SMILES string of the molecule is CCCCCC(OCC)(OCC)OC(=O)c1ccc2cc(C(=O)OC(CCCCC)(OCC)OCC)ccc2c1. The van der Waals surface area contributed by atoms with Crippen LogP contribution in [0.15, 0.2) is 36.4 Å². The summed E-state index contributed by atoms with van der Waals surface area (Å²) >= 11 is 0. The Morgan fingerprint density at radius 1 is 0.550 bits per heavy atom. The highest BCUT2D eigenvalue weighted by molar-refractivity contribution is 5.99. The number of esters is 2. The molecule has 0 aliphatic heterocycles. The van der Waals surface area contributed by atoms with Crippen molar-refractivity contribution < 1.29 is 38.0 Å². The van der Waals surface area contributed by atoms with Crippen molar-refractivity contribution in [1.29, 1.82) is 0 Å². The molecule has 0 fully saturated rings. The van der Waals surface area contributed by atoms with E-state index >= 15 is 0 Å². The number of benzene rings is 2. The van der Waals surface area contributed by atoms with Crippen LogP contribution in [0.4, 0.5) is 0 Å². The van der Waals surface area contributed by atoms with Gasteiger partial charge in [0.15, 0.2) is 0 Å². The van der Waals surface area contributed by atoms with Crippen molar-refractivity contribution in [2.45, 2.75) is 105 Å². The topological polar surface area (TPSA) is 89.5 Å². The number of rotatable bonds is 20. The molecule has 2 aromatic rings. The van der Waals surface area contributed by atoms with Gasteiger partial charge in [-0.15, -0.1) is 0 Å². The first kappa shape index (κ1) is 33.7. The van der Waals surface area contributed by atoms with Crippen molar-refractivity contribution in [2.24, 2.45) is 0 Å². The molecule has 0 amide bonds. The lowest BCUT2D eigenvalue weighted by molar-refractivity contribution is -0.356. The Morgan fingerprint density at radius 2 is 0.900 bits per heavy atom. The molecule has 0 aliphatic carbocycles. The summed E-state index contributed by atoms with van der Waals surface area (Å²) in [6, 6.07) is 10.4. The van der Waals surface area contributed by atoms with Crippen molar-refractivity contribution in [2.75, 3.05) is 26.4 Å². The number of unbranched alkanes of at least 4 members (excludes halogenated alkanes) is 4. The van der Waals surface area contributed by atoms with E-state index in [0.29, 0.717) is 50.4 Å². The van der Waals surface area contributed by atoms with E-state index in [1.54, 1.807) is 36.4 Å². The maximum absolute atomic E-state index is 13.2. The van der Waals surface area contributed by atoms with E-state index in [-0.39, 0.29) is 0 Å². The minimum atomic E-state index is -1.41. The Labute approximate surface area is 239 Å². The number of carbonyl (C=O) groups excluding carboxylic acids is 2. The van der Waals surface area contributed by atoms with Gasteiger partial charge in [0.2, 0.25) is 0 Å². The molecule has 8 heteroatoms. The number of carbonyl (C=O) groups is 2. The van der Waals surface area contributed by atoms with Crippen LogP contribution in [0.5, 0.6) is 0 Å². The molecule has 0 aromatic heterocycles. The second-order valence-electron chi connectivity index (χ2n) is 9.57. The Kier molecular flexibility index (Phi) is 14.6. The number of ether oxygens (including phenoxy) is 6. The lowest BCUT2D eigenvalue weighted by atomic mass is 10.0. The molecule has 0 N–H and O–H groups in total. The molecule has 0 atom stereocenters.